The Morgan fingerprint density at radius 1 is 0.857 bits per heavy atom. The molecular formula is C22H26N2O4. The third-order valence-electron chi connectivity index (χ3n) is 4.86. The Bertz CT molecular complexity index is 802. The summed E-state index contributed by atoms with van der Waals surface area (Å²) in [5, 5.41) is 0. The van der Waals surface area contributed by atoms with E-state index in [1.54, 1.807) is 41.2 Å². The number of hydrogen-bond donors (Lipinski definition) is 0. The Morgan fingerprint density at radius 3 is 2.14 bits per heavy atom. The van der Waals surface area contributed by atoms with Crippen molar-refractivity contribution in [3.63, 3.8) is 0 Å². The third kappa shape index (κ3) is 5.03. The lowest BCUT2D eigenvalue weighted by Gasteiger charge is -2.22. The van der Waals surface area contributed by atoms with Gasteiger partial charge in [0.05, 0.1) is 7.11 Å². The molecule has 0 saturated carbocycles. The lowest BCUT2D eigenvalue weighted by molar-refractivity contribution is -0.133. The fourth-order valence-electron chi connectivity index (χ4n) is 3.16. The van der Waals surface area contributed by atoms with Crippen LogP contribution in [0.15, 0.2) is 48.5 Å². The maximum absolute atomic E-state index is 12.7. The zero-order valence-corrected chi connectivity index (χ0v) is 16.4. The Balaban J connectivity index is 1.52. The summed E-state index contributed by atoms with van der Waals surface area (Å²) >= 11 is 0. The van der Waals surface area contributed by atoms with Gasteiger partial charge in [-0.1, -0.05) is 17.7 Å². The number of carbonyl (C=O) groups is 2. The average molecular weight is 382 g/mol. The number of aryl methyl sites for hydroxylation is 1. The molecule has 148 valence electrons. The molecule has 1 heterocycles. The van der Waals surface area contributed by atoms with Gasteiger partial charge in [-0.05, 0) is 49.7 Å². The summed E-state index contributed by atoms with van der Waals surface area (Å²) in [5.41, 5.74) is 1.77. The third-order valence-corrected chi connectivity index (χ3v) is 4.86. The molecule has 0 N–H and O–H groups in total. The number of amides is 2. The van der Waals surface area contributed by atoms with Gasteiger partial charge in [-0.2, -0.15) is 0 Å². The molecule has 1 aliphatic heterocycles. The topological polar surface area (TPSA) is 59.1 Å². The van der Waals surface area contributed by atoms with Crippen molar-refractivity contribution in [1.29, 1.82) is 0 Å². The summed E-state index contributed by atoms with van der Waals surface area (Å²) in [7, 11) is 1.60. The molecule has 28 heavy (non-hydrogen) atoms. The van der Waals surface area contributed by atoms with Crippen molar-refractivity contribution in [2.24, 2.45) is 0 Å². The van der Waals surface area contributed by atoms with Gasteiger partial charge in [-0.3, -0.25) is 9.59 Å². The summed E-state index contributed by atoms with van der Waals surface area (Å²) in [6.07, 6.45) is 0.748. The fourth-order valence-corrected chi connectivity index (χ4v) is 3.16. The van der Waals surface area contributed by atoms with Crippen LogP contribution >= 0.6 is 0 Å². The van der Waals surface area contributed by atoms with E-state index in [1.165, 1.54) is 0 Å². The van der Waals surface area contributed by atoms with E-state index in [2.05, 4.69) is 0 Å². The van der Waals surface area contributed by atoms with Crippen molar-refractivity contribution in [2.75, 3.05) is 39.9 Å². The molecule has 0 bridgehead atoms. The molecule has 6 heteroatoms. The van der Waals surface area contributed by atoms with Crippen LogP contribution in [0.4, 0.5) is 0 Å². The minimum atomic E-state index is -0.0562. The second kappa shape index (κ2) is 9.26. The number of nitrogens with zero attached hydrogens (tertiary/aromatic N) is 2. The molecule has 1 saturated heterocycles. The standard InChI is InChI=1S/C22H26N2O4/c1-17-4-8-20(9-5-17)28-16-21(25)23-12-3-13-24(15-14-23)22(26)18-6-10-19(27-2)11-7-18/h4-11H,3,12-16H2,1-2H3. The first-order chi connectivity index (χ1) is 13.6. The lowest BCUT2D eigenvalue weighted by atomic mass is 10.2. The van der Waals surface area contributed by atoms with Gasteiger partial charge in [0.2, 0.25) is 0 Å². The predicted molar refractivity (Wildman–Crippen MR) is 107 cm³/mol. The highest BCUT2D eigenvalue weighted by atomic mass is 16.5. The molecule has 0 spiro atoms. The van der Waals surface area contributed by atoms with Crippen LogP contribution in [-0.2, 0) is 4.79 Å². The Morgan fingerprint density at radius 2 is 1.46 bits per heavy atom. The van der Waals surface area contributed by atoms with Crippen molar-refractivity contribution < 1.29 is 19.1 Å². The van der Waals surface area contributed by atoms with E-state index in [0.29, 0.717) is 37.5 Å². The first-order valence-corrected chi connectivity index (χ1v) is 9.47. The van der Waals surface area contributed by atoms with Crippen molar-refractivity contribution >= 4 is 11.8 Å². The van der Waals surface area contributed by atoms with E-state index in [0.717, 1.165) is 17.7 Å². The summed E-state index contributed by atoms with van der Waals surface area (Å²) in [4.78, 5) is 28.8. The van der Waals surface area contributed by atoms with Crippen LogP contribution in [0.5, 0.6) is 11.5 Å². The van der Waals surface area contributed by atoms with Gasteiger partial charge in [0.15, 0.2) is 6.61 Å². The number of rotatable bonds is 5. The van der Waals surface area contributed by atoms with E-state index in [-0.39, 0.29) is 18.4 Å². The van der Waals surface area contributed by atoms with Crippen LogP contribution in [-0.4, -0.2) is 61.5 Å². The van der Waals surface area contributed by atoms with Crippen LogP contribution in [0.3, 0.4) is 0 Å². The van der Waals surface area contributed by atoms with Crippen molar-refractivity contribution in [2.45, 2.75) is 13.3 Å². The molecule has 0 atom stereocenters. The normalized spacial score (nSPS) is 14.4. The molecule has 6 nitrogen and oxygen atoms in total. The van der Waals surface area contributed by atoms with Gasteiger partial charge >= 0.3 is 0 Å². The zero-order chi connectivity index (χ0) is 19.9. The fraction of sp³-hybridized carbons (Fsp3) is 0.364. The highest BCUT2D eigenvalue weighted by molar-refractivity contribution is 5.94. The van der Waals surface area contributed by atoms with E-state index in [9.17, 15) is 9.59 Å². The number of hydrogen-bond acceptors (Lipinski definition) is 4. The van der Waals surface area contributed by atoms with Gasteiger partial charge in [-0.25, -0.2) is 0 Å². The minimum absolute atomic E-state index is 0.00941. The molecule has 2 aromatic carbocycles. The van der Waals surface area contributed by atoms with E-state index >= 15 is 0 Å². The Hall–Kier alpha value is -3.02. The number of carbonyl (C=O) groups excluding carboxylic acids is 2. The molecule has 1 fully saturated rings. The zero-order valence-electron chi connectivity index (χ0n) is 16.4. The Labute approximate surface area is 165 Å². The largest absolute Gasteiger partial charge is 0.497 e. The van der Waals surface area contributed by atoms with Gasteiger partial charge in [0, 0.05) is 31.7 Å². The van der Waals surface area contributed by atoms with Crippen molar-refractivity contribution in [3.05, 3.63) is 59.7 Å². The lowest BCUT2D eigenvalue weighted by Crippen LogP contribution is -2.39. The molecule has 1 aliphatic rings. The van der Waals surface area contributed by atoms with E-state index in [4.69, 9.17) is 9.47 Å². The summed E-state index contributed by atoms with van der Waals surface area (Å²) in [5.74, 6) is 1.33. The first kappa shape index (κ1) is 19.7. The monoisotopic (exact) mass is 382 g/mol. The van der Waals surface area contributed by atoms with Crippen LogP contribution in [0.2, 0.25) is 0 Å². The minimum Gasteiger partial charge on any atom is -0.497 e. The predicted octanol–water partition coefficient (Wildman–Crippen LogP) is 2.76. The molecular weight excluding hydrogens is 356 g/mol. The number of benzene rings is 2. The molecule has 0 aromatic heterocycles. The molecule has 0 radical (unpaired) electrons. The highest BCUT2D eigenvalue weighted by Crippen LogP contribution is 2.15. The van der Waals surface area contributed by atoms with Crippen LogP contribution in [0.1, 0.15) is 22.3 Å². The van der Waals surface area contributed by atoms with Crippen LogP contribution in [0.25, 0.3) is 0 Å². The smallest absolute Gasteiger partial charge is 0.260 e. The summed E-state index contributed by atoms with van der Waals surface area (Å²) in [6.45, 7) is 4.30. The number of ether oxygens (including phenoxy) is 2. The summed E-state index contributed by atoms with van der Waals surface area (Å²) in [6, 6.07) is 14.7. The molecule has 2 amide bonds. The average Bonchev–Trinajstić information content (AvgIpc) is 2.99. The van der Waals surface area contributed by atoms with E-state index < -0.39 is 0 Å². The second-order valence-corrected chi connectivity index (χ2v) is 6.86. The highest BCUT2D eigenvalue weighted by Gasteiger charge is 2.23. The van der Waals surface area contributed by atoms with Gasteiger partial charge in [0.25, 0.3) is 11.8 Å². The van der Waals surface area contributed by atoms with Crippen molar-refractivity contribution in [1.82, 2.24) is 9.80 Å². The molecule has 0 unspecified atom stereocenters. The second-order valence-electron chi connectivity index (χ2n) is 6.86. The molecule has 2 aromatic rings. The maximum atomic E-state index is 12.7. The number of methoxy groups -OCH3 is 1. The summed E-state index contributed by atoms with van der Waals surface area (Å²) < 4.78 is 10.7. The van der Waals surface area contributed by atoms with Gasteiger partial charge in [-0.15, -0.1) is 0 Å². The van der Waals surface area contributed by atoms with Gasteiger partial charge < -0.3 is 19.3 Å². The Kier molecular flexibility index (Phi) is 6.53. The quantitative estimate of drug-likeness (QED) is 0.798. The SMILES string of the molecule is COc1ccc(C(=O)N2CCCN(C(=O)COc3ccc(C)cc3)CC2)cc1. The van der Waals surface area contributed by atoms with Crippen LogP contribution < -0.4 is 9.47 Å². The van der Waals surface area contributed by atoms with Crippen molar-refractivity contribution in [3.8, 4) is 11.5 Å². The molecule has 0 aliphatic carbocycles. The molecule has 3 rings (SSSR count). The van der Waals surface area contributed by atoms with Crippen LogP contribution in [0, 0.1) is 6.92 Å². The maximum Gasteiger partial charge on any atom is 0.260 e. The van der Waals surface area contributed by atoms with Gasteiger partial charge in [0.1, 0.15) is 11.5 Å². The first-order valence-electron chi connectivity index (χ1n) is 9.47. The van der Waals surface area contributed by atoms with E-state index in [1.807, 2.05) is 31.2 Å².